The Morgan fingerprint density at radius 2 is 1.53 bits per heavy atom. The van der Waals surface area contributed by atoms with Crippen LogP contribution < -0.4 is 5.32 Å². The molecule has 0 spiro atoms. The normalized spacial score (nSPS) is 16.3. The lowest BCUT2D eigenvalue weighted by Gasteiger charge is -2.33. The van der Waals surface area contributed by atoms with E-state index in [9.17, 15) is 0 Å². The largest absolute Gasteiger partial charge is 0.353 e. The molecule has 1 aliphatic heterocycles. The summed E-state index contributed by atoms with van der Waals surface area (Å²) < 4.78 is 2.37. The summed E-state index contributed by atoms with van der Waals surface area (Å²) in [4.78, 5) is 7.58. The Labute approximate surface area is 190 Å². The highest BCUT2D eigenvalue weighted by Crippen LogP contribution is 2.29. The van der Waals surface area contributed by atoms with Gasteiger partial charge in [-0.25, -0.2) is 4.98 Å². The lowest BCUT2D eigenvalue weighted by Crippen LogP contribution is -2.40. The highest BCUT2D eigenvalue weighted by Gasteiger charge is 2.23. The number of nitrogens with zero attached hydrogens (tertiary/aromatic N) is 3. The van der Waals surface area contributed by atoms with Crippen LogP contribution in [0, 0.1) is 0 Å². The Hall–Kier alpha value is -3.11. The summed E-state index contributed by atoms with van der Waals surface area (Å²) >= 11 is 0. The molecule has 1 N–H and O–H groups in total. The van der Waals surface area contributed by atoms with E-state index in [4.69, 9.17) is 4.98 Å². The lowest BCUT2D eigenvalue weighted by molar-refractivity contribution is 0.221. The van der Waals surface area contributed by atoms with Crippen LogP contribution in [0.5, 0.6) is 0 Å². The topological polar surface area (TPSA) is 33.1 Å². The van der Waals surface area contributed by atoms with Crippen molar-refractivity contribution in [2.75, 3.05) is 25.0 Å². The number of hydrogen-bond donors (Lipinski definition) is 1. The van der Waals surface area contributed by atoms with E-state index in [2.05, 4.69) is 107 Å². The predicted molar refractivity (Wildman–Crippen MR) is 133 cm³/mol. The average Bonchev–Trinajstić information content (AvgIpc) is 3.22. The van der Waals surface area contributed by atoms with Gasteiger partial charge in [-0.3, -0.25) is 0 Å². The minimum Gasteiger partial charge on any atom is -0.353 e. The lowest BCUT2D eigenvalue weighted by atomic mass is 10.0. The molecule has 1 aromatic heterocycles. The van der Waals surface area contributed by atoms with Gasteiger partial charge in [-0.1, -0.05) is 72.8 Å². The zero-order valence-corrected chi connectivity index (χ0v) is 18.8. The van der Waals surface area contributed by atoms with E-state index in [0.717, 1.165) is 50.4 Å². The zero-order chi connectivity index (χ0) is 21.8. The van der Waals surface area contributed by atoms with Gasteiger partial charge in [0.15, 0.2) is 0 Å². The number of imidazole rings is 1. The van der Waals surface area contributed by atoms with Crippen molar-refractivity contribution < 1.29 is 0 Å². The minimum absolute atomic E-state index is 0.220. The number of rotatable bonds is 7. The van der Waals surface area contributed by atoms with Crippen molar-refractivity contribution in [3.8, 4) is 0 Å². The van der Waals surface area contributed by atoms with Crippen LogP contribution in [0.15, 0.2) is 84.9 Å². The maximum Gasteiger partial charge on any atom is 0.204 e. The number of para-hydroxylation sites is 2. The number of benzene rings is 3. The molecule has 4 nitrogen and oxygen atoms in total. The van der Waals surface area contributed by atoms with E-state index < -0.39 is 0 Å². The fraction of sp³-hybridized carbons (Fsp3) is 0.321. The molecule has 0 aliphatic carbocycles. The van der Waals surface area contributed by atoms with Crippen molar-refractivity contribution in [3.05, 3.63) is 96.1 Å². The summed E-state index contributed by atoms with van der Waals surface area (Å²) in [5.41, 5.74) is 4.97. The van der Waals surface area contributed by atoms with Crippen LogP contribution in [0.2, 0.25) is 0 Å². The molecular formula is C28H32N4. The van der Waals surface area contributed by atoms with Gasteiger partial charge < -0.3 is 14.8 Å². The molecule has 4 heteroatoms. The molecule has 5 rings (SSSR count). The van der Waals surface area contributed by atoms with Crippen molar-refractivity contribution in [3.63, 3.8) is 0 Å². The SMILES string of the molecule is CC(c1ccccc1)n1c(NC2CCN(CCc3ccccc3)CC2)nc2ccccc21. The summed E-state index contributed by atoms with van der Waals surface area (Å²) in [6.45, 7) is 5.68. The fourth-order valence-electron chi connectivity index (χ4n) is 4.83. The smallest absolute Gasteiger partial charge is 0.204 e. The van der Waals surface area contributed by atoms with Crippen molar-refractivity contribution in [2.45, 2.75) is 38.3 Å². The van der Waals surface area contributed by atoms with Gasteiger partial charge in [-0.05, 0) is 49.4 Å². The third kappa shape index (κ3) is 4.56. The molecule has 0 bridgehead atoms. The van der Waals surface area contributed by atoms with Gasteiger partial charge in [0, 0.05) is 25.7 Å². The van der Waals surface area contributed by atoms with E-state index >= 15 is 0 Å². The van der Waals surface area contributed by atoms with Crippen molar-refractivity contribution in [1.29, 1.82) is 0 Å². The molecule has 1 unspecified atom stereocenters. The third-order valence-corrected chi connectivity index (χ3v) is 6.75. The van der Waals surface area contributed by atoms with Crippen LogP contribution in [0.25, 0.3) is 11.0 Å². The van der Waals surface area contributed by atoms with Gasteiger partial charge in [-0.2, -0.15) is 0 Å². The van der Waals surface area contributed by atoms with Gasteiger partial charge in [0.25, 0.3) is 0 Å². The molecule has 0 radical (unpaired) electrons. The monoisotopic (exact) mass is 424 g/mol. The average molecular weight is 425 g/mol. The Morgan fingerprint density at radius 3 is 2.28 bits per heavy atom. The van der Waals surface area contributed by atoms with Crippen LogP contribution in [-0.4, -0.2) is 40.1 Å². The Morgan fingerprint density at radius 1 is 0.875 bits per heavy atom. The fourth-order valence-corrected chi connectivity index (χ4v) is 4.83. The second kappa shape index (κ2) is 9.58. The molecule has 1 fully saturated rings. The molecular weight excluding hydrogens is 392 g/mol. The summed E-state index contributed by atoms with van der Waals surface area (Å²) in [7, 11) is 0. The second-order valence-corrected chi connectivity index (χ2v) is 8.88. The van der Waals surface area contributed by atoms with Gasteiger partial charge in [-0.15, -0.1) is 0 Å². The standard InChI is InChI=1S/C28H32N4/c1-22(24-12-6-3-7-13-24)32-27-15-9-8-14-26(27)30-28(32)29-25-17-20-31(21-18-25)19-16-23-10-4-2-5-11-23/h2-15,22,25H,16-21H2,1H3,(H,29,30). The van der Waals surface area contributed by atoms with E-state index in [1.807, 2.05) is 0 Å². The molecule has 1 saturated heterocycles. The first-order chi connectivity index (χ1) is 15.8. The first kappa shape index (κ1) is 20.8. The molecule has 32 heavy (non-hydrogen) atoms. The van der Waals surface area contributed by atoms with Gasteiger partial charge in [0.05, 0.1) is 17.1 Å². The van der Waals surface area contributed by atoms with Crippen LogP contribution in [-0.2, 0) is 6.42 Å². The molecule has 4 aromatic rings. The first-order valence-electron chi connectivity index (χ1n) is 11.8. The summed E-state index contributed by atoms with van der Waals surface area (Å²) in [5, 5.41) is 3.81. The third-order valence-electron chi connectivity index (χ3n) is 6.75. The van der Waals surface area contributed by atoms with Crippen LogP contribution in [0.4, 0.5) is 5.95 Å². The van der Waals surface area contributed by atoms with Crippen LogP contribution in [0.1, 0.15) is 36.9 Å². The maximum atomic E-state index is 4.99. The predicted octanol–water partition coefficient (Wildman–Crippen LogP) is 5.76. The molecule has 1 atom stereocenters. The number of likely N-dealkylation sites (tertiary alicyclic amines) is 1. The van der Waals surface area contributed by atoms with E-state index in [1.165, 1.54) is 16.6 Å². The first-order valence-corrected chi connectivity index (χ1v) is 11.8. The molecule has 164 valence electrons. The Bertz CT molecular complexity index is 1130. The van der Waals surface area contributed by atoms with Crippen molar-refractivity contribution in [1.82, 2.24) is 14.5 Å². The highest BCUT2D eigenvalue weighted by atomic mass is 15.2. The summed E-state index contributed by atoms with van der Waals surface area (Å²) in [5.74, 6) is 0.991. The Balaban J connectivity index is 1.28. The molecule has 2 heterocycles. The second-order valence-electron chi connectivity index (χ2n) is 8.88. The molecule has 0 saturated carbocycles. The number of nitrogens with one attached hydrogen (secondary N) is 1. The van der Waals surface area contributed by atoms with Gasteiger partial charge >= 0.3 is 0 Å². The maximum absolute atomic E-state index is 4.99. The minimum atomic E-state index is 0.220. The Kier molecular flexibility index (Phi) is 6.22. The number of aromatic nitrogens is 2. The van der Waals surface area contributed by atoms with Gasteiger partial charge in [0.2, 0.25) is 5.95 Å². The highest BCUT2D eigenvalue weighted by molar-refractivity contribution is 5.79. The molecule has 0 amide bonds. The molecule has 1 aliphatic rings. The number of fused-ring (bicyclic) bond motifs is 1. The van der Waals surface area contributed by atoms with Gasteiger partial charge in [0.1, 0.15) is 0 Å². The number of anilines is 1. The quantitative estimate of drug-likeness (QED) is 0.409. The van der Waals surface area contributed by atoms with E-state index in [-0.39, 0.29) is 6.04 Å². The summed E-state index contributed by atoms with van der Waals surface area (Å²) in [6.07, 6.45) is 3.43. The zero-order valence-electron chi connectivity index (χ0n) is 18.8. The number of piperidine rings is 1. The van der Waals surface area contributed by atoms with E-state index in [0.29, 0.717) is 6.04 Å². The van der Waals surface area contributed by atoms with Crippen LogP contribution in [0.3, 0.4) is 0 Å². The van der Waals surface area contributed by atoms with Crippen molar-refractivity contribution in [2.24, 2.45) is 0 Å². The van der Waals surface area contributed by atoms with E-state index in [1.54, 1.807) is 0 Å². The molecule has 3 aromatic carbocycles. The summed E-state index contributed by atoms with van der Waals surface area (Å²) in [6, 6.07) is 30.7. The van der Waals surface area contributed by atoms with Crippen LogP contribution >= 0.6 is 0 Å². The number of hydrogen-bond acceptors (Lipinski definition) is 3. The van der Waals surface area contributed by atoms with Crippen molar-refractivity contribution >= 4 is 17.0 Å².